The fraction of sp³-hybridized carbons (Fsp3) is 0.571. The van der Waals surface area contributed by atoms with Crippen LogP contribution in [0.15, 0.2) is 4.52 Å². The van der Waals surface area contributed by atoms with Crippen LogP contribution in [0, 0.1) is 13.8 Å². The van der Waals surface area contributed by atoms with Gasteiger partial charge in [0.2, 0.25) is 5.89 Å². The first-order valence-electron chi connectivity index (χ1n) is 7.33. The zero-order chi connectivity index (χ0) is 15.7. The van der Waals surface area contributed by atoms with Crippen LogP contribution >= 0.6 is 11.5 Å². The molecule has 7 nitrogen and oxygen atoms in total. The molecule has 3 rings (SSSR count). The Hall–Kier alpha value is -1.96. The van der Waals surface area contributed by atoms with Gasteiger partial charge < -0.3 is 14.7 Å². The van der Waals surface area contributed by atoms with E-state index in [9.17, 15) is 4.79 Å². The normalized spacial score (nSPS) is 18.5. The van der Waals surface area contributed by atoms with E-state index in [2.05, 4.69) is 19.8 Å². The third-order valence-corrected chi connectivity index (χ3v) is 4.88. The monoisotopic (exact) mass is 321 g/mol. The number of aromatic nitrogens is 3. The molecule has 1 fully saturated rings. The molecule has 3 heterocycles. The number of hydrogen-bond donors (Lipinski definition) is 1. The third-order valence-electron chi connectivity index (χ3n) is 3.92. The first-order chi connectivity index (χ1) is 10.6. The smallest absolute Gasteiger partial charge is 0.258 e. The van der Waals surface area contributed by atoms with E-state index < -0.39 is 0 Å². The molecule has 0 radical (unpaired) electrons. The molecular weight excluding hydrogens is 302 g/mol. The summed E-state index contributed by atoms with van der Waals surface area (Å²) < 4.78 is 9.33. The first-order valence-corrected chi connectivity index (χ1v) is 8.11. The van der Waals surface area contributed by atoms with Gasteiger partial charge in [0.1, 0.15) is 5.00 Å². The maximum atomic E-state index is 12.8. The number of hydrogen-bond acceptors (Lipinski definition) is 7. The highest BCUT2D eigenvalue weighted by atomic mass is 32.1. The number of anilines is 1. The van der Waals surface area contributed by atoms with Crippen molar-refractivity contribution in [2.45, 2.75) is 32.6 Å². The van der Waals surface area contributed by atoms with Crippen molar-refractivity contribution in [2.75, 3.05) is 25.5 Å². The topological polar surface area (TPSA) is 84.2 Å². The van der Waals surface area contributed by atoms with Gasteiger partial charge in [-0.1, -0.05) is 5.16 Å². The molecule has 0 unspecified atom stereocenters. The van der Waals surface area contributed by atoms with Gasteiger partial charge in [-0.05, 0) is 31.3 Å². The minimum absolute atomic E-state index is 0.0283. The van der Waals surface area contributed by atoms with E-state index in [1.54, 1.807) is 6.92 Å². The third kappa shape index (κ3) is 2.70. The number of piperidine rings is 1. The van der Waals surface area contributed by atoms with Gasteiger partial charge in [-0.2, -0.15) is 9.36 Å². The molecule has 0 aliphatic carbocycles. The highest BCUT2D eigenvalue weighted by molar-refractivity contribution is 7.10. The number of nitrogens with zero attached hydrogens (tertiary/aromatic N) is 4. The van der Waals surface area contributed by atoms with Crippen molar-refractivity contribution in [3.63, 3.8) is 0 Å². The Morgan fingerprint density at radius 2 is 2.27 bits per heavy atom. The minimum Gasteiger partial charge on any atom is -0.378 e. The van der Waals surface area contributed by atoms with Gasteiger partial charge in [0.05, 0.1) is 11.3 Å². The Kier molecular flexibility index (Phi) is 4.10. The molecule has 22 heavy (non-hydrogen) atoms. The van der Waals surface area contributed by atoms with E-state index in [4.69, 9.17) is 4.52 Å². The quantitative estimate of drug-likeness (QED) is 0.933. The highest BCUT2D eigenvalue weighted by Gasteiger charge is 2.30. The molecule has 1 aliphatic rings. The summed E-state index contributed by atoms with van der Waals surface area (Å²) >= 11 is 1.32. The zero-order valence-electron chi connectivity index (χ0n) is 12.9. The van der Waals surface area contributed by atoms with E-state index in [0.717, 1.165) is 30.1 Å². The summed E-state index contributed by atoms with van der Waals surface area (Å²) in [5.74, 6) is 1.43. The average Bonchev–Trinajstić information content (AvgIpc) is 3.12. The van der Waals surface area contributed by atoms with Crippen LogP contribution in [-0.4, -0.2) is 45.5 Å². The van der Waals surface area contributed by atoms with Gasteiger partial charge in [0, 0.05) is 33.0 Å². The van der Waals surface area contributed by atoms with Gasteiger partial charge in [-0.15, -0.1) is 0 Å². The van der Waals surface area contributed by atoms with Crippen molar-refractivity contribution in [1.29, 1.82) is 0 Å². The lowest BCUT2D eigenvalue weighted by Gasteiger charge is -2.31. The predicted molar refractivity (Wildman–Crippen MR) is 83.3 cm³/mol. The van der Waals surface area contributed by atoms with Crippen LogP contribution in [-0.2, 0) is 0 Å². The molecule has 0 spiro atoms. The Morgan fingerprint density at radius 3 is 2.95 bits per heavy atom. The molecule has 2 aromatic heterocycles. The molecule has 118 valence electrons. The van der Waals surface area contributed by atoms with Gasteiger partial charge >= 0.3 is 0 Å². The standard InChI is InChI=1S/C14H19N5O2S/c1-8-11(13(15-3)22-18-8)14(20)19-6-4-5-10(7-19)12-16-9(2)21-17-12/h10,15H,4-7H2,1-3H3/t10-/m0/s1. The van der Waals surface area contributed by atoms with Gasteiger partial charge in [-0.3, -0.25) is 4.79 Å². The number of carbonyl (C=O) groups is 1. The SMILES string of the molecule is CNc1snc(C)c1C(=O)N1CCC[C@H](c2noc(C)n2)C1. The van der Waals surface area contributed by atoms with E-state index in [1.807, 2.05) is 18.9 Å². The fourth-order valence-electron chi connectivity index (χ4n) is 2.80. The molecule has 1 atom stereocenters. The molecule has 0 aromatic carbocycles. The average molecular weight is 321 g/mol. The van der Waals surface area contributed by atoms with Crippen molar-refractivity contribution in [3.05, 3.63) is 23.0 Å². The van der Waals surface area contributed by atoms with Gasteiger partial charge in [-0.25, -0.2) is 0 Å². The molecule has 0 saturated carbocycles. The maximum Gasteiger partial charge on any atom is 0.258 e. The molecule has 1 saturated heterocycles. The molecular formula is C14H19N5O2S. The zero-order valence-corrected chi connectivity index (χ0v) is 13.7. The second-order valence-corrected chi connectivity index (χ2v) is 6.26. The molecule has 8 heteroatoms. The van der Waals surface area contributed by atoms with E-state index in [-0.39, 0.29) is 11.8 Å². The van der Waals surface area contributed by atoms with E-state index >= 15 is 0 Å². The van der Waals surface area contributed by atoms with Crippen molar-refractivity contribution in [2.24, 2.45) is 0 Å². The first kappa shape index (κ1) is 15.0. The predicted octanol–water partition coefficient (Wildman–Crippen LogP) is 2.20. The summed E-state index contributed by atoms with van der Waals surface area (Å²) in [5.41, 5.74) is 1.45. The second kappa shape index (κ2) is 6.04. The summed E-state index contributed by atoms with van der Waals surface area (Å²) in [4.78, 5) is 19.0. The van der Waals surface area contributed by atoms with Gasteiger partial charge in [0.25, 0.3) is 5.91 Å². The minimum atomic E-state index is 0.0283. The number of aryl methyl sites for hydroxylation is 2. The lowest BCUT2D eigenvalue weighted by atomic mass is 9.96. The van der Waals surface area contributed by atoms with Crippen LogP contribution in [0.3, 0.4) is 0 Å². The van der Waals surface area contributed by atoms with Crippen molar-refractivity contribution in [3.8, 4) is 0 Å². The van der Waals surface area contributed by atoms with Crippen LogP contribution in [0.5, 0.6) is 0 Å². The Balaban J connectivity index is 1.79. The Morgan fingerprint density at radius 1 is 1.45 bits per heavy atom. The second-order valence-electron chi connectivity index (χ2n) is 5.48. The number of amides is 1. The van der Waals surface area contributed by atoms with Gasteiger partial charge in [0.15, 0.2) is 5.82 Å². The maximum absolute atomic E-state index is 12.8. The number of carbonyl (C=O) groups excluding carboxylic acids is 1. The van der Waals surface area contributed by atoms with E-state index in [1.165, 1.54) is 11.5 Å². The summed E-state index contributed by atoms with van der Waals surface area (Å²) in [7, 11) is 1.81. The summed E-state index contributed by atoms with van der Waals surface area (Å²) in [6.07, 6.45) is 1.91. The van der Waals surface area contributed by atoms with Crippen molar-refractivity contribution < 1.29 is 9.32 Å². The molecule has 0 bridgehead atoms. The molecule has 1 N–H and O–H groups in total. The van der Waals surface area contributed by atoms with Crippen LogP contribution in [0.25, 0.3) is 0 Å². The molecule has 1 amide bonds. The molecule has 2 aromatic rings. The fourth-order valence-corrected chi connectivity index (χ4v) is 3.54. The lowest BCUT2D eigenvalue weighted by molar-refractivity contribution is 0.0704. The van der Waals surface area contributed by atoms with Crippen molar-refractivity contribution >= 4 is 22.4 Å². The van der Waals surface area contributed by atoms with Crippen LogP contribution in [0.1, 0.15) is 46.5 Å². The van der Waals surface area contributed by atoms with Crippen LogP contribution in [0.2, 0.25) is 0 Å². The number of nitrogens with one attached hydrogen (secondary N) is 1. The number of rotatable bonds is 3. The number of likely N-dealkylation sites (tertiary alicyclic amines) is 1. The van der Waals surface area contributed by atoms with Crippen LogP contribution < -0.4 is 5.32 Å². The van der Waals surface area contributed by atoms with Crippen LogP contribution in [0.4, 0.5) is 5.00 Å². The summed E-state index contributed by atoms with van der Waals surface area (Å²) in [6, 6.07) is 0. The summed E-state index contributed by atoms with van der Waals surface area (Å²) in [6.45, 7) is 5.03. The largest absolute Gasteiger partial charge is 0.378 e. The summed E-state index contributed by atoms with van der Waals surface area (Å²) in [5, 5.41) is 7.87. The Labute approximate surface area is 132 Å². The highest BCUT2D eigenvalue weighted by Crippen LogP contribution is 2.30. The Bertz CT molecular complexity index is 681. The van der Waals surface area contributed by atoms with Crippen molar-refractivity contribution in [1.82, 2.24) is 19.4 Å². The molecule has 1 aliphatic heterocycles. The van der Waals surface area contributed by atoms with E-state index in [0.29, 0.717) is 23.8 Å². The lowest BCUT2D eigenvalue weighted by Crippen LogP contribution is -2.39.